The van der Waals surface area contributed by atoms with Crippen LogP contribution in [0.1, 0.15) is 28.3 Å². The molecule has 2 bridgehead atoms. The van der Waals surface area contributed by atoms with Crippen LogP contribution in [0, 0.1) is 36.5 Å². The number of hydrogen-bond acceptors (Lipinski definition) is 6. The highest BCUT2D eigenvalue weighted by Gasteiger charge is 2.69. The predicted molar refractivity (Wildman–Crippen MR) is 143 cm³/mol. The molecule has 1 aromatic heterocycles. The quantitative estimate of drug-likeness (QED) is 0.519. The molecule has 3 aromatic rings. The summed E-state index contributed by atoms with van der Waals surface area (Å²) in [5, 5.41) is 1.16. The third kappa shape index (κ3) is 3.00. The number of H-pyrrole nitrogens is 1. The SMILES string of the molecule is Cc1ccc(N2C(=O)[C@@H]3[C@H]4C[C@@H]([C@@H]3C2=O)[C@@H]2[C@@H](c3ccc(N(C)C)cc3)c3sc(=O)[nH]c3S[C@@H]42)cc1. The van der Waals surface area contributed by atoms with Crippen molar-refractivity contribution < 1.29 is 9.59 Å². The van der Waals surface area contributed by atoms with Crippen molar-refractivity contribution in [3.63, 3.8) is 0 Å². The van der Waals surface area contributed by atoms with Crippen molar-refractivity contribution in [1.29, 1.82) is 0 Å². The summed E-state index contributed by atoms with van der Waals surface area (Å²) in [4.78, 5) is 47.6. The Bertz CT molecular complexity index is 1440. The number of imide groups is 1. The molecule has 1 saturated heterocycles. The maximum atomic E-state index is 13.8. The molecule has 2 saturated carbocycles. The molecule has 8 heteroatoms. The molecule has 7 rings (SSSR count). The van der Waals surface area contributed by atoms with Crippen LogP contribution >= 0.6 is 23.1 Å². The van der Waals surface area contributed by atoms with E-state index in [-0.39, 0.29) is 57.4 Å². The number of aryl methyl sites for hydroxylation is 1. The van der Waals surface area contributed by atoms with E-state index in [0.717, 1.165) is 27.6 Å². The monoisotopic (exact) mass is 517 g/mol. The highest BCUT2D eigenvalue weighted by Crippen LogP contribution is 2.68. The van der Waals surface area contributed by atoms with Crippen LogP contribution in [0.5, 0.6) is 0 Å². The molecule has 1 N–H and O–H groups in total. The molecule has 2 amide bonds. The summed E-state index contributed by atoms with van der Waals surface area (Å²) in [6, 6.07) is 16.3. The van der Waals surface area contributed by atoms with E-state index in [1.807, 2.05) is 45.3 Å². The van der Waals surface area contributed by atoms with Gasteiger partial charge < -0.3 is 9.88 Å². The minimum atomic E-state index is -0.272. The summed E-state index contributed by atoms with van der Waals surface area (Å²) in [6.07, 6.45) is 0.905. The van der Waals surface area contributed by atoms with Crippen LogP contribution in [0.4, 0.5) is 11.4 Å². The van der Waals surface area contributed by atoms with E-state index in [0.29, 0.717) is 5.69 Å². The van der Waals surface area contributed by atoms with E-state index in [1.165, 1.54) is 21.8 Å². The number of thiazole rings is 1. The first kappa shape index (κ1) is 22.4. The molecule has 0 unspecified atom stereocenters. The minimum absolute atomic E-state index is 0.0346. The van der Waals surface area contributed by atoms with Gasteiger partial charge >= 0.3 is 4.87 Å². The Labute approximate surface area is 217 Å². The number of rotatable bonds is 3. The number of thioether (sulfide) groups is 1. The van der Waals surface area contributed by atoms with E-state index in [2.05, 4.69) is 34.1 Å². The third-order valence-electron chi connectivity index (χ3n) is 8.78. The zero-order valence-corrected chi connectivity index (χ0v) is 21.9. The van der Waals surface area contributed by atoms with E-state index in [1.54, 1.807) is 11.8 Å². The van der Waals surface area contributed by atoms with E-state index < -0.39 is 0 Å². The third-order valence-corrected chi connectivity index (χ3v) is 11.4. The van der Waals surface area contributed by atoms with Crippen molar-refractivity contribution in [2.75, 3.05) is 23.9 Å². The van der Waals surface area contributed by atoms with Gasteiger partial charge in [-0.3, -0.25) is 19.3 Å². The Balaban J connectivity index is 1.31. The van der Waals surface area contributed by atoms with Crippen LogP contribution in [-0.2, 0) is 9.59 Å². The molecule has 7 atom stereocenters. The lowest BCUT2D eigenvalue weighted by Gasteiger charge is -2.43. The molecule has 3 heterocycles. The van der Waals surface area contributed by atoms with Gasteiger partial charge in [-0.25, -0.2) is 0 Å². The molecular formula is C28H27N3O3S2. The van der Waals surface area contributed by atoms with Crippen LogP contribution in [0.15, 0.2) is 58.4 Å². The molecule has 6 nitrogen and oxygen atoms in total. The first-order valence-electron chi connectivity index (χ1n) is 12.4. The maximum Gasteiger partial charge on any atom is 0.305 e. The smallest absolute Gasteiger partial charge is 0.305 e. The van der Waals surface area contributed by atoms with E-state index >= 15 is 0 Å². The molecule has 2 aliphatic heterocycles. The first-order chi connectivity index (χ1) is 17.3. The molecule has 2 aliphatic carbocycles. The number of aromatic amines is 1. The molecule has 0 spiro atoms. The van der Waals surface area contributed by atoms with Gasteiger partial charge in [-0.1, -0.05) is 41.2 Å². The lowest BCUT2D eigenvalue weighted by Crippen LogP contribution is -2.42. The molecule has 0 radical (unpaired) electrons. The number of nitrogens with one attached hydrogen (secondary N) is 1. The number of amides is 2. The summed E-state index contributed by atoms with van der Waals surface area (Å²) in [5.74, 6) is -0.0711. The highest BCUT2D eigenvalue weighted by molar-refractivity contribution is 8.00. The highest BCUT2D eigenvalue weighted by atomic mass is 32.2. The number of fused-ring (bicyclic) bond motifs is 9. The Hall–Kier alpha value is -2.84. The largest absolute Gasteiger partial charge is 0.378 e. The fourth-order valence-corrected chi connectivity index (χ4v) is 10.2. The van der Waals surface area contributed by atoms with Gasteiger partial charge in [0.05, 0.1) is 22.5 Å². The number of aromatic nitrogens is 1. The molecule has 3 fully saturated rings. The first-order valence-corrected chi connectivity index (χ1v) is 14.1. The van der Waals surface area contributed by atoms with Crippen LogP contribution in [0.25, 0.3) is 0 Å². The fourth-order valence-electron chi connectivity index (χ4n) is 7.32. The van der Waals surface area contributed by atoms with Crippen LogP contribution < -0.4 is 14.7 Å². The lowest BCUT2D eigenvalue weighted by atomic mass is 9.68. The Morgan fingerprint density at radius 3 is 2.25 bits per heavy atom. The topological polar surface area (TPSA) is 73.5 Å². The van der Waals surface area contributed by atoms with Gasteiger partial charge in [-0.15, -0.1) is 11.8 Å². The molecule has 36 heavy (non-hydrogen) atoms. The normalized spacial score (nSPS) is 32.0. The Kier molecular flexibility index (Phi) is 4.86. The van der Waals surface area contributed by atoms with E-state index in [4.69, 9.17) is 0 Å². The van der Waals surface area contributed by atoms with Crippen molar-refractivity contribution in [2.45, 2.75) is 29.5 Å². The number of anilines is 2. The number of carbonyl (C=O) groups is 2. The zero-order chi connectivity index (χ0) is 24.9. The second-order valence-electron chi connectivity index (χ2n) is 10.8. The van der Waals surface area contributed by atoms with Gasteiger partial charge in [-0.05, 0) is 60.9 Å². The summed E-state index contributed by atoms with van der Waals surface area (Å²) in [5.41, 5.74) is 4.09. The zero-order valence-electron chi connectivity index (χ0n) is 20.3. The van der Waals surface area contributed by atoms with Crippen molar-refractivity contribution in [3.8, 4) is 0 Å². The van der Waals surface area contributed by atoms with Crippen LogP contribution in [0.2, 0.25) is 0 Å². The van der Waals surface area contributed by atoms with Gasteiger partial charge in [-0.2, -0.15) is 0 Å². The summed E-state index contributed by atoms with van der Waals surface area (Å²) in [6.45, 7) is 2.00. The fraction of sp³-hybridized carbons (Fsp3) is 0.393. The van der Waals surface area contributed by atoms with Gasteiger partial charge in [0.25, 0.3) is 0 Å². The van der Waals surface area contributed by atoms with Crippen LogP contribution in [-0.4, -0.2) is 36.1 Å². The second kappa shape index (κ2) is 7.83. The Morgan fingerprint density at radius 2 is 1.58 bits per heavy atom. The van der Waals surface area contributed by atoms with Crippen molar-refractivity contribution in [2.24, 2.45) is 29.6 Å². The average Bonchev–Trinajstić information content (AvgIpc) is 3.59. The van der Waals surface area contributed by atoms with Gasteiger partial charge in [0.1, 0.15) is 0 Å². The van der Waals surface area contributed by atoms with Gasteiger partial charge in [0.15, 0.2) is 0 Å². The van der Waals surface area contributed by atoms with Crippen molar-refractivity contribution >= 4 is 46.3 Å². The second-order valence-corrected chi connectivity index (χ2v) is 13.0. The number of hydrogen-bond donors (Lipinski definition) is 1. The van der Waals surface area contributed by atoms with Crippen molar-refractivity contribution in [3.05, 3.63) is 74.2 Å². The molecule has 4 aliphatic rings. The molecule has 2 aromatic carbocycles. The standard InChI is InChI=1S/C28H27N3O3S2/c1-13-4-8-16(9-5-13)31-26(32)21-17-12-18(22(21)27(31)33)23-20(17)19(24-25(35-23)29-28(34)36-24)14-6-10-15(11-7-14)30(2)3/h4-11,17-23H,12H2,1-3H3,(H,29,34)/t17-,18-,19-,20-,21+,22-,23+/m1/s1. The van der Waals surface area contributed by atoms with Crippen LogP contribution in [0.3, 0.4) is 0 Å². The predicted octanol–water partition coefficient (Wildman–Crippen LogP) is 4.49. The maximum absolute atomic E-state index is 13.8. The summed E-state index contributed by atoms with van der Waals surface area (Å²) >= 11 is 3.03. The lowest BCUT2D eigenvalue weighted by molar-refractivity contribution is -0.123. The van der Waals surface area contributed by atoms with Gasteiger partial charge in [0, 0.05) is 35.8 Å². The number of carbonyl (C=O) groups excluding carboxylic acids is 2. The number of benzene rings is 2. The molecular weight excluding hydrogens is 490 g/mol. The van der Waals surface area contributed by atoms with E-state index in [9.17, 15) is 14.4 Å². The molecule has 184 valence electrons. The average molecular weight is 518 g/mol. The number of nitrogens with zero attached hydrogens (tertiary/aromatic N) is 2. The van der Waals surface area contributed by atoms with Crippen molar-refractivity contribution in [1.82, 2.24) is 4.98 Å². The Morgan fingerprint density at radius 1 is 0.917 bits per heavy atom. The minimum Gasteiger partial charge on any atom is -0.378 e. The summed E-state index contributed by atoms with van der Waals surface area (Å²) < 4.78 is 0. The van der Waals surface area contributed by atoms with Gasteiger partial charge in [0.2, 0.25) is 11.8 Å². The summed E-state index contributed by atoms with van der Waals surface area (Å²) in [7, 11) is 4.05.